The summed E-state index contributed by atoms with van der Waals surface area (Å²) in [7, 11) is 0. The second-order valence-electron chi connectivity index (χ2n) is 6.16. The molecule has 0 saturated carbocycles. The molecule has 126 valence electrons. The topological polar surface area (TPSA) is 81.3 Å². The Bertz CT molecular complexity index is 739. The molecule has 1 fully saturated rings. The number of amides is 1. The SMILES string of the molecule is C[C@@H]1CCCCN1C(=O)Cn1cc(-c2ccc([N+](=O)[O-])cc2)cn1. The van der Waals surface area contributed by atoms with Gasteiger partial charge >= 0.3 is 0 Å². The summed E-state index contributed by atoms with van der Waals surface area (Å²) in [4.78, 5) is 24.6. The average Bonchev–Trinajstić information content (AvgIpc) is 3.03. The Morgan fingerprint density at radius 2 is 2.04 bits per heavy atom. The van der Waals surface area contributed by atoms with Crippen LogP contribution in [0.5, 0.6) is 0 Å². The molecule has 0 radical (unpaired) electrons. The number of likely N-dealkylation sites (tertiary alicyclic amines) is 1. The minimum atomic E-state index is -0.425. The number of aromatic nitrogens is 2. The molecule has 1 saturated heterocycles. The molecule has 1 aromatic carbocycles. The van der Waals surface area contributed by atoms with Crippen LogP contribution in [0.4, 0.5) is 5.69 Å². The third-order valence-corrected chi connectivity index (χ3v) is 4.47. The van der Waals surface area contributed by atoms with Crippen molar-refractivity contribution in [2.24, 2.45) is 0 Å². The Kier molecular flexibility index (Phi) is 4.59. The molecular formula is C17H20N4O3. The van der Waals surface area contributed by atoms with Gasteiger partial charge in [-0.25, -0.2) is 0 Å². The number of carbonyl (C=O) groups is 1. The first-order chi connectivity index (χ1) is 11.5. The number of rotatable bonds is 4. The maximum absolute atomic E-state index is 12.4. The molecule has 0 unspecified atom stereocenters. The number of hydrogen-bond acceptors (Lipinski definition) is 4. The lowest BCUT2D eigenvalue weighted by atomic mass is 10.0. The summed E-state index contributed by atoms with van der Waals surface area (Å²) >= 11 is 0. The van der Waals surface area contributed by atoms with Crippen molar-refractivity contribution in [1.82, 2.24) is 14.7 Å². The number of nitro benzene ring substituents is 1. The normalized spacial score (nSPS) is 17.7. The van der Waals surface area contributed by atoms with Crippen LogP contribution in [0.25, 0.3) is 11.1 Å². The number of piperidine rings is 1. The van der Waals surface area contributed by atoms with Crippen LogP contribution in [-0.2, 0) is 11.3 Å². The maximum atomic E-state index is 12.4. The molecular weight excluding hydrogens is 308 g/mol. The van der Waals surface area contributed by atoms with E-state index in [2.05, 4.69) is 12.0 Å². The molecule has 1 aromatic heterocycles. The standard InChI is InChI=1S/C17H20N4O3/c1-13-4-2-3-9-20(13)17(22)12-19-11-15(10-18-19)14-5-7-16(8-6-14)21(23)24/h5-8,10-11,13H,2-4,9,12H2,1H3/t13-/m1/s1. The summed E-state index contributed by atoms with van der Waals surface area (Å²) < 4.78 is 1.63. The van der Waals surface area contributed by atoms with E-state index in [0.717, 1.165) is 30.5 Å². The fraction of sp³-hybridized carbons (Fsp3) is 0.412. The fourth-order valence-electron chi connectivity index (χ4n) is 3.07. The Balaban J connectivity index is 1.69. The van der Waals surface area contributed by atoms with Crippen molar-refractivity contribution in [3.8, 4) is 11.1 Å². The van der Waals surface area contributed by atoms with E-state index in [4.69, 9.17) is 0 Å². The second-order valence-corrected chi connectivity index (χ2v) is 6.16. The van der Waals surface area contributed by atoms with Gasteiger partial charge in [-0.15, -0.1) is 0 Å². The van der Waals surface area contributed by atoms with Crippen molar-refractivity contribution in [2.45, 2.75) is 38.8 Å². The molecule has 1 aliphatic rings. The summed E-state index contributed by atoms with van der Waals surface area (Å²) in [5.74, 6) is 0.0838. The van der Waals surface area contributed by atoms with Gasteiger partial charge in [0, 0.05) is 36.5 Å². The molecule has 0 spiro atoms. The highest BCUT2D eigenvalue weighted by molar-refractivity contribution is 5.76. The predicted molar refractivity (Wildman–Crippen MR) is 89.3 cm³/mol. The summed E-state index contributed by atoms with van der Waals surface area (Å²) in [5, 5.41) is 14.9. The number of benzene rings is 1. The van der Waals surface area contributed by atoms with Gasteiger partial charge in [-0.2, -0.15) is 5.10 Å². The minimum absolute atomic E-state index is 0.0559. The van der Waals surface area contributed by atoms with Crippen LogP contribution in [0, 0.1) is 10.1 Å². The number of carbonyl (C=O) groups excluding carboxylic acids is 1. The largest absolute Gasteiger partial charge is 0.338 e. The molecule has 7 nitrogen and oxygen atoms in total. The van der Waals surface area contributed by atoms with E-state index in [0.29, 0.717) is 0 Å². The second kappa shape index (κ2) is 6.82. The molecule has 7 heteroatoms. The lowest BCUT2D eigenvalue weighted by Crippen LogP contribution is -2.43. The van der Waals surface area contributed by atoms with E-state index in [9.17, 15) is 14.9 Å². The summed E-state index contributed by atoms with van der Waals surface area (Å²) in [6.45, 7) is 3.12. The van der Waals surface area contributed by atoms with E-state index in [1.165, 1.54) is 18.6 Å². The van der Waals surface area contributed by atoms with Crippen molar-refractivity contribution in [2.75, 3.05) is 6.54 Å². The van der Waals surface area contributed by atoms with Crippen LogP contribution in [0.2, 0.25) is 0 Å². The van der Waals surface area contributed by atoms with Crippen molar-refractivity contribution in [3.63, 3.8) is 0 Å². The van der Waals surface area contributed by atoms with Crippen LogP contribution in [0.15, 0.2) is 36.7 Å². The highest BCUT2D eigenvalue weighted by Crippen LogP contribution is 2.22. The van der Waals surface area contributed by atoms with Crippen LogP contribution < -0.4 is 0 Å². The molecule has 1 atom stereocenters. The summed E-state index contributed by atoms with van der Waals surface area (Å²) in [6.07, 6.45) is 6.76. The van der Waals surface area contributed by atoms with Gasteiger partial charge in [0.15, 0.2) is 0 Å². The number of nitrogens with zero attached hydrogens (tertiary/aromatic N) is 4. The zero-order valence-electron chi connectivity index (χ0n) is 13.6. The molecule has 0 aliphatic carbocycles. The number of hydrogen-bond donors (Lipinski definition) is 0. The molecule has 1 amide bonds. The van der Waals surface area contributed by atoms with Gasteiger partial charge in [0.05, 0.1) is 11.1 Å². The summed E-state index contributed by atoms with van der Waals surface area (Å²) in [6, 6.07) is 6.60. The Morgan fingerprint density at radius 1 is 1.29 bits per heavy atom. The van der Waals surface area contributed by atoms with Crippen molar-refractivity contribution in [1.29, 1.82) is 0 Å². The number of non-ortho nitro benzene ring substituents is 1. The predicted octanol–water partition coefficient (Wildman–Crippen LogP) is 2.86. The Hall–Kier alpha value is -2.70. The molecule has 2 aromatic rings. The molecule has 0 N–H and O–H groups in total. The van der Waals surface area contributed by atoms with E-state index in [1.54, 1.807) is 29.2 Å². The van der Waals surface area contributed by atoms with Crippen molar-refractivity contribution in [3.05, 3.63) is 46.8 Å². The van der Waals surface area contributed by atoms with Gasteiger partial charge < -0.3 is 4.90 Å². The van der Waals surface area contributed by atoms with Crippen molar-refractivity contribution < 1.29 is 9.72 Å². The third-order valence-electron chi connectivity index (χ3n) is 4.47. The highest BCUT2D eigenvalue weighted by Gasteiger charge is 2.23. The zero-order valence-corrected chi connectivity index (χ0v) is 13.6. The minimum Gasteiger partial charge on any atom is -0.338 e. The van der Waals surface area contributed by atoms with E-state index >= 15 is 0 Å². The Morgan fingerprint density at radius 3 is 2.71 bits per heavy atom. The smallest absolute Gasteiger partial charge is 0.269 e. The number of nitro groups is 1. The first-order valence-electron chi connectivity index (χ1n) is 8.11. The lowest BCUT2D eigenvalue weighted by molar-refractivity contribution is -0.384. The van der Waals surface area contributed by atoms with Gasteiger partial charge in [0.25, 0.3) is 5.69 Å². The van der Waals surface area contributed by atoms with Crippen LogP contribution >= 0.6 is 0 Å². The van der Waals surface area contributed by atoms with Gasteiger partial charge in [-0.05, 0) is 43.9 Å². The average molecular weight is 328 g/mol. The lowest BCUT2D eigenvalue weighted by Gasteiger charge is -2.33. The quantitative estimate of drug-likeness (QED) is 0.638. The van der Waals surface area contributed by atoms with Crippen LogP contribution in [0.1, 0.15) is 26.2 Å². The van der Waals surface area contributed by atoms with Crippen LogP contribution in [-0.4, -0.2) is 38.1 Å². The molecule has 3 rings (SSSR count). The Labute approximate surface area is 140 Å². The molecule has 24 heavy (non-hydrogen) atoms. The van der Waals surface area contributed by atoms with Gasteiger partial charge in [-0.1, -0.05) is 0 Å². The first-order valence-corrected chi connectivity index (χ1v) is 8.11. The molecule has 2 heterocycles. The third kappa shape index (κ3) is 3.45. The van der Waals surface area contributed by atoms with E-state index in [1.807, 2.05) is 4.90 Å². The maximum Gasteiger partial charge on any atom is 0.269 e. The zero-order chi connectivity index (χ0) is 17.1. The highest BCUT2D eigenvalue weighted by atomic mass is 16.6. The van der Waals surface area contributed by atoms with Crippen LogP contribution in [0.3, 0.4) is 0 Å². The first kappa shape index (κ1) is 16.2. The van der Waals surface area contributed by atoms with Gasteiger partial charge in [0.1, 0.15) is 6.54 Å². The van der Waals surface area contributed by atoms with E-state index in [-0.39, 0.29) is 24.2 Å². The molecule has 1 aliphatic heterocycles. The molecule has 0 bridgehead atoms. The van der Waals surface area contributed by atoms with Gasteiger partial charge in [-0.3, -0.25) is 19.6 Å². The fourth-order valence-corrected chi connectivity index (χ4v) is 3.07. The van der Waals surface area contributed by atoms with Crippen molar-refractivity contribution >= 4 is 11.6 Å². The van der Waals surface area contributed by atoms with E-state index < -0.39 is 4.92 Å². The van der Waals surface area contributed by atoms with Gasteiger partial charge in [0.2, 0.25) is 5.91 Å². The summed E-state index contributed by atoms with van der Waals surface area (Å²) in [5.41, 5.74) is 1.73. The monoisotopic (exact) mass is 328 g/mol.